The van der Waals surface area contributed by atoms with E-state index < -0.39 is 0 Å². The van der Waals surface area contributed by atoms with Crippen molar-refractivity contribution in [1.82, 2.24) is 4.98 Å². The summed E-state index contributed by atoms with van der Waals surface area (Å²) in [6.45, 7) is 6.33. The van der Waals surface area contributed by atoms with Crippen LogP contribution >= 0.6 is 0 Å². The van der Waals surface area contributed by atoms with Crippen LogP contribution in [0.15, 0.2) is 36.4 Å². The Hall–Kier alpha value is -2.55. The SMILES string of the molecule is CCc1cc2nc(-c3cc(C)ccc3C)ccc2c(OC)c1OC. The normalized spacial score (nSPS) is 10.9. The highest BCUT2D eigenvalue weighted by molar-refractivity contribution is 5.91. The first-order valence-electron chi connectivity index (χ1n) is 8.21. The van der Waals surface area contributed by atoms with Crippen LogP contribution in [0.2, 0.25) is 0 Å². The van der Waals surface area contributed by atoms with Crippen LogP contribution in [0.4, 0.5) is 0 Å². The van der Waals surface area contributed by atoms with E-state index in [1.54, 1.807) is 14.2 Å². The summed E-state index contributed by atoms with van der Waals surface area (Å²) in [5, 5.41) is 0.973. The minimum absolute atomic E-state index is 0.756. The Morgan fingerprint density at radius 3 is 2.33 bits per heavy atom. The molecular weight excluding hydrogens is 298 g/mol. The Kier molecular flexibility index (Phi) is 4.43. The highest BCUT2D eigenvalue weighted by Gasteiger charge is 2.16. The molecule has 0 saturated carbocycles. The molecule has 3 nitrogen and oxygen atoms in total. The van der Waals surface area contributed by atoms with Crippen molar-refractivity contribution < 1.29 is 9.47 Å². The third kappa shape index (κ3) is 2.71. The number of aromatic nitrogens is 1. The predicted molar refractivity (Wildman–Crippen MR) is 99.1 cm³/mol. The van der Waals surface area contributed by atoms with Gasteiger partial charge in [0.1, 0.15) is 0 Å². The van der Waals surface area contributed by atoms with E-state index in [0.29, 0.717) is 0 Å². The van der Waals surface area contributed by atoms with Crippen molar-refractivity contribution in [3.05, 3.63) is 53.1 Å². The molecule has 3 heteroatoms. The molecule has 3 aromatic rings. The molecule has 0 aliphatic carbocycles. The average molecular weight is 321 g/mol. The van der Waals surface area contributed by atoms with E-state index in [4.69, 9.17) is 14.5 Å². The molecule has 0 radical (unpaired) electrons. The van der Waals surface area contributed by atoms with E-state index >= 15 is 0 Å². The number of hydrogen-bond acceptors (Lipinski definition) is 3. The topological polar surface area (TPSA) is 31.4 Å². The molecule has 0 saturated heterocycles. The van der Waals surface area contributed by atoms with Crippen LogP contribution in [0.25, 0.3) is 22.2 Å². The number of methoxy groups -OCH3 is 2. The molecule has 0 unspecified atom stereocenters. The highest BCUT2D eigenvalue weighted by Crippen LogP contribution is 2.39. The molecule has 3 rings (SSSR count). The lowest BCUT2D eigenvalue weighted by Gasteiger charge is -2.15. The number of aryl methyl sites for hydroxylation is 3. The van der Waals surface area contributed by atoms with E-state index in [2.05, 4.69) is 57.2 Å². The van der Waals surface area contributed by atoms with Crippen LogP contribution in [0, 0.1) is 13.8 Å². The number of hydrogen-bond donors (Lipinski definition) is 0. The van der Waals surface area contributed by atoms with Crippen LogP contribution < -0.4 is 9.47 Å². The van der Waals surface area contributed by atoms with Crippen LogP contribution in [-0.4, -0.2) is 19.2 Å². The Labute approximate surface area is 143 Å². The minimum atomic E-state index is 0.756. The predicted octanol–water partition coefficient (Wildman–Crippen LogP) is 5.10. The van der Waals surface area contributed by atoms with E-state index in [1.807, 2.05) is 0 Å². The maximum atomic E-state index is 5.62. The van der Waals surface area contributed by atoms with Gasteiger partial charge < -0.3 is 9.47 Å². The molecule has 2 aromatic carbocycles. The molecule has 0 amide bonds. The largest absolute Gasteiger partial charge is 0.493 e. The molecule has 1 heterocycles. The maximum absolute atomic E-state index is 5.62. The Morgan fingerprint density at radius 1 is 0.917 bits per heavy atom. The van der Waals surface area contributed by atoms with Gasteiger partial charge >= 0.3 is 0 Å². The average Bonchev–Trinajstić information content (AvgIpc) is 2.61. The van der Waals surface area contributed by atoms with E-state index in [-0.39, 0.29) is 0 Å². The first-order valence-corrected chi connectivity index (χ1v) is 8.21. The minimum Gasteiger partial charge on any atom is -0.493 e. The zero-order valence-corrected chi connectivity index (χ0v) is 14.9. The fraction of sp³-hybridized carbons (Fsp3) is 0.286. The monoisotopic (exact) mass is 321 g/mol. The molecule has 0 atom stereocenters. The number of rotatable bonds is 4. The third-order valence-corrected chi connectivity index (χ3v) is 4.44. The van der Waals surface area contributed by atoms with Crippen molar-refractivity contribution >= 4 is 10.9 Å². The fourth-order valence-corrected chi connectivity index (χ4v) is 3.13. The van der Waals surface area contributed by atoms with Gasteiger partial charge in [-0.1, -0.05) is 24.6 Å². The van der Waals surface area contributed by atoms with Gasteiger partial charge in [-0.05, 0) is 55.7 Å². The summed E-state index contributed by atoms with van der Waals surface area (Å²) in [7, 11) is 3.36. The van der Waals surface area contributed by atoms with Crippen molar-refractivity contribution in [2.75, 3.05) is 14.2 Å². The van der Waals surface area contributed by atoms with Gasteiger partial charge in [0.05, 0.1) is 25.4 Å². The van der Waals surface area contributed by atoms with Crippen molar-refractivity contribution in [2.24, 2.45) is 0 Å². The van der Waals surface area contributed by atoms with Crippen molar-refractivity contribution in [3.63, 3.8) is 0 Å². The fourth-order valence-electron chi connectivity index (χ4n) is 3.13. The van der Waals surface area contributed by atoms with Crippen molar-refractivity contribution in [3.8, 4) is 22.8 Å². The number of fused-ring (bicyclic) bond motifs is 1. The summed E-state index contributed by atoms with van der Waals surface area (Å²) in [5.74, 6) is 1.56. The maximum Gasteiger partial charge on any atom is 0.170 e. The van der Waals surface area contributed by atoms with Gasteiger partial charge in [-0.2, -0.15) is 0 Å². The number of pyridine rings is 1. The second kappa shape index (κ2) is 6.52. The van der Waals surface area contributed by atoms with E-state index in [0.717, 1.165) is 40.1 Å². The molecule has 0 spiro atoms. The molecule has 0 fully saturated rings. The van der Waals surface area contributed by atoms with Gasteiger partial charge in [-0.3, -0.25) is 0 Å². The van der Waals surface area contributed by atoms with Crippen molar-refractivity contribution in [1.29, 1.82) is 0 Å². The lowest BCUT2D eigenvalue weighted by molar-refractivity contribution is 0.355. The summed E-state index contributed by atoms with van der Waals surface area (Å²) >= 11 is 0. The van der Waals surface area contributed by atoms with Crippen LogP contribution in [-0.2, 0) is 6.42 Å². The Bertz CT molecular complexity index is 900. The third-order valence-electron chi connectivity index (χ3n) is 4.44. The zero-order valence-electron chi connectivity index (χ0n) is 14.9. The lowest BCUT2D eigenvalue weighted by Crippen LogP contribution is -1.98. The summed E-state index contributed by atoms with van der Waals surface area (Å²) < 4.78 is 11.2. The molecule has 0 aliphatic rings. The summed E-state index contributed by atoms with van der Waals surface area (Å²) in [5.41, 5.74) is 6.65. The molecule has 0 aliphatic heterocycles. The van der Waals surface area contributed by atoms with Crippen LogP contribution in [0.5, 0.6) is 11.5 Å². The highest BCUT2D eigenvalue weighted by atomic mass is 16.5. The second-order valence-electron chi connectivity index (χ2n) is 6.04. The molecule has 24 heavy (non-hydrogen) atoms. The van der Waals surface area contributed by atoms with Gasteiger partial charge in [0.25, 0.3) is 0 Å². The van der Waals surface area contributed by atoms with Gasteiger partial charge in [0, 0.05) is 10.9 Å². The molecular formula is C21H23NO2. The Morgan fingerprint density at radius 2 is 1.67 bits per heavy atom. The van der Waals surface area contributed by atoms with Gasteiger partial charge in [-0.25, -0.2) is 4.98 Å². The van der Waals surface area contributed by atoms with E-state index in [9.17, 15) is 0 Å². The van der Waals surface area contributed by atoms with E-state index in [1.165, 1.54) is 16.7 Å². The zero-order chi connectivity index (χ0) is 17.3. The summed E-state index contributed by atoms with van der Waals surface area (Å²) in [4.78, 5) is 4.90. The molecule has 0 bridgehead atoms. The molecule has 124 valence electrons. The second-order valence-corrected chi connectivity index (χ2v) is 6.04. The Balaban J connectivity index is 2.27. The summed E-state index contributed by atoms with van der Waals surface area (Å²) in [6, 6.07) is 12.7. The van der Waals surface area contributed by atoms with Gasteiger partial charge in [0.2, 0.25) is 0 Å². The first-order chi connectivity index (χ1) is 11.6. The van der Waals surface area contributed by atoms with Crippen LogP contribution in [0.1, 0.15) is 23.6 Å². The number of benzene rings is 2. The number of ether oxygens (including phenoxy) is 2. The van der Waals surface area contributed by atoms with Gasteiger partial charge in [-0.15, -0.1) is 0 Å². The van der Waals surface area contributed by atoms with Crippen LogP contribution in [0.3, 0.4) is 0 Å². The number of nitrogens with zero attached hydrogens (tertiary/aromatic N) is 1. The molecule has 1 aromatic heterocycles. The van der Waals surface area contributed by atoms with Gasteiger partial charge in [0.15, 0.2) is 11.5 Å². The molecule has 0 N–H and O–H groups in total. The summed E-state index contributed by atoms with van der Waals surface area (Å²) in [6.07, 6.45) is 0.866. The smallest absolute Gasteiger partial charge is 0.170 e. The first kappa shape index (κ1) is 16.3. The quantitative estimate of drug-likeness (QED) is 0.670. The van der Waals surface area contributed by atoms with Crippen molar-refractivity contribution in [2.45, 2.75) is 27.2 Å². The lowest BCUT2D eigenvalue weighted by atomic mass is 10.0. The standard InChI is InChI=1S/C21H23NO2/c1-6-15-12-19-16(21(24-5)20(15)23-4)9-10-18(22-19)17-11-13(2)7-8-14(17)3/h7-12H,6H2,1-5H3.